The third-order valence-corrected chi connectivity index (χ3v) is 30.3. The van der Waals surface area contributed by atoms with E-state index in [1.54, 1.807) is 24.3 Å². The van der Waals surface area contributed by atoms with Gasteiger partial charge in [0, 0.05) is 104 Å². The Balaban J connectivity index is 0.000000158. The molecule has 20 heterocycles. The molecule has 764 valence electrons. The molecule has 20 aliphatic rings. The number of esters is 4. The first-order chi connectivity index (χ1) is 66.9. The van der Waals surface area contributed by atoms with Crippen LogP contribution in [0.3, 0.4) is 0 Å². The zero-order valence-corrected chi connectivity index (χ0v) is 88.1. The summed E-state index contributed by atoms with van der Waals surface area (Å²) in [5.74, 6) is -5.92. The van der Waals surface area contributed by atoms with E-state index >= 15 is 0 Å². The van der Waals surface area contributed by atoms with Crippen molar-refractivity contribution in [3.8, 4) is 0 Å². The number of quaternary nitrogens is 4. The van der Waals surface area contributed by atoms with E-state index in [0.29, 0.717) is 42.1 Å². The van der Waals surface area contributed by atoms with Crippen LogP contribution in [0.1, 0.15) is 226 Å². The zero-order chi connectivity index (χ0) is 100. The summed E-state index contributed by atoms with van der Waals surface area (Å²) in [4.78, 5) is 94.3. The van der Waals surface area contributed by atoms with Crippen molar-refractivity contribution >= 4 is 47.8 Å². The number of hydrogen-bond donors (Lipinski definition) is 5. The molecule has 144 heavy (non-hydrogen) atoms. The van der Waals surface area contributed by atoms with E-state index < -0.39 is 72.2 Å². The van der Waals surface area contributed by atoms with Gasteiger partial charge < -0.3 is 145 Å². The van der Waals surface area contributed by atoms with Crippen molar-refractivity contribution in [2.45, 2.75) is 274 Å². The second kappa shape index (κ2) is 49.8. The van der Waals surface area contributed by atoms with E-state index in [9.17, 15) is 63.9 Å². The molecule has 20 saturated heterocycles. The van der Waals surface area contributed by atoms with Crippen molar-refractivity contribution in [2.75, 3.05) is 0 Å². The van der Waals surface area contributed by atoms with Crippen LogP contribution >= 0.6 is 0 Å². The maximum Gasteiger partial charge on any atom is 1.00 e. The predicted molar refractivity (Wildman–Crippen MR) is 499 cm³/mol. The van der Waals surface area contributed by atoms with Crippen LogP contribution in [0.15, 0.2) is 218 Å². The molecule has 15 N–H and O–H groups in total. The van der Waals surface area contributed by atoms with Crippen LogP contribution in [0.5, 0.6) is 0 Å². The van der Waals surface area contributed by atoms with Crippen LogP contribution in [-0.4, -0.2) is 216 Å². The van der Waals surface area contributed by atoms with Crippen LogP contribution < -0.4 is 102 Å². The molecule has 0 radical (unpaired) electrons. The molecule has 33 nitrogen and oxygen atoms in total. The molecule has 20 aliphatic heterocycles. The van der Waals surface area contributed by atoms with Crippen molar-refractivity contribution in [3.05, 3.63) is 285 Å². The quantitative estimate of drug-likeness (QED) is 0.0456. The Morgan fingerprint density at radius 2 is 0.375 bits per heavy atom. The minimum atomic E-state index is -1.40. The fourth-order valence-corrected chi connectivity index (χ4v) is 22.8. The molecule has 20 bridgehead atoms. The number of carboxylic acids is 4. The van der Waals surface area contributed by atoms with E-state index in [1.165, 1.54) is 95.1 Å². The van der Waals surface area contributed by atoms with E-state index in [4.69, 9.17) is 66.3 Å². The van der Waals surface area contributed by atoms with Crippen LogP contribution in [0.25, 0.3) is 0 Å². The van der Waals surface area contributed by atoms with Crippen molar-refractivity contribution in [3.63, 3.8) is 0 Å². The Bertz CT molecular complexity index is 4980. The summed E-state index contributed by atoms with van der Waals surface area (Å²) < 4.78 is 81.6. The third kappa shape index (κ3) is 23.9. The molecule has 0 saturated carbocycles. The van der Waals surface area contributed by atoms with E-state index in [1.807, 2.05) is 100 Å². The number of rotatable bonds is 16. The molecule has 8 aromatic carbocycles. The van der Waals surface area contributed by atoms with Gasteiger partial charge >= 0.3 is 83.0 Å². The Morgan fingerprint density at radius 1 is 0.229 bits per heavy atom. The molecular weight excluding hydrogens is 1880 g/mol. The topological polar surface area (TPSA) is 549 Å². The van der Waals surface area contributed by atoms with E-state index in [0.717, 1.165) is 0 Å². The number of carbonyl (C=O) groups excluding carboxylic acids is 8. The van der Waals surface area contributed by atoms with Gasteiger partial charge in [-0.25, -0.2) is 19.2 Å². The third-order valence-electron chi connectivity index (χ3n) is 30.3. The van der Waals surface area contributed by atoms with Gasteiger partial charge in [-0.2, -0.15) is 0 Å². The van der Waals surface area contributed by atoms with Crippen LogP contribution in [0.2, 0.25) is 0 Å². The van der Waals surface area contributed by atoms with Crippen LogP contribution in [0.4, 0.5) is 0 Å². The van der Waals surface area contributed by atoms with Crippen molar-refractivity contribution in [1.29, 1.82) is 0 Å². The summed E-state index contributed by atoms with van der Waals surface area (Å²) >= 11 is 0. The van der Waals surface area contributed by atoms with Crippen molar-refractivity contribution in [1.82, 2.24) is 0 Å². The molecule has 8 aromatic rings. The van der Waals surface area contributed by atoms with Crippen molar-refractivity contribution < 1.29 is 223 Å². The Labute approximate surface area is 882 Å². The molecular formula is C109H132N4Na2O29. The van der Waals surface area contributed by atoms with Gasteiger partial charge in [-0.15, -0.1) is 0 Å². The van der Waals surface area contributed by atoms with Gasteiger partial charge in [-0.3, -0.25) is 0 Å². The summed E-state index contributed by atoms with van der Waals surface area (Å²) in [6.45, 7) is 29.1. The number of aliphatic hydroxyl groups is 1. The van der Waals surface area contributed by atoms with Gasteiger partial charge in [0.05, 0.1) is 113 Å². The predicted octanol–water partition coefficient (Wildman–Crippen LogP) is -0.635. The minimum Gasteiger partial charge on any atom is -0.870 e. The monoisotopic (exact) mass is 2010 g/mol. The molecule has 0 aliphatic carbocycles. The first kappa shape index (κ1) is 115. The number of aliphatic hydroxyl groups excluding tert-OH is 1. The largest absolute Gasteiger partial charge is 1.00 e. The Hall–Kier alpha value is -9.16. The van der Waals surface area contributed by atoms with Gasteiger partial charge in [0.1, 0.15) is 85.2 Å². The average molecular weight is 2010 g/mol. The number of benzene rings is 8. The normalized spacial score (nSPS) is 34.7. The first-order valence-electron chi connectivity index (χ1n) is 48.7. The maximum atomic E-state index is 12.4. The van der Waals surface area contributed by atoms with Gasteiger partial charge in [0.15, 0.2) is 24.4 Å². The first-order valence-corrected chi connectivity index (χ1v) is 48.7. The SMILES string of the molecule is C[C@@H]([NH3+])c1ccccc1.C[C@@H]([NH3+])c1ccccc1.C[C@@H]1[C@@H]2O[C@@H]3[C@@H](OC(=O)c4ccccc4C(=O)[O-])[C@H]1O[C@@H]3[C@H]2C.C[C@@H]1[C@@H]2O[C@@H]3[C@@H](OC(=O)c4ccccc4C(=O)[O-])[C@H]1O[C@@H]3[C@H]2C.C[C@@H]1[C@@H]2O[C@@H]3[C@@H](OC(=O)c4ccccc4C(=O)[O-])[C@H]1O[C@@H]3[C@H]2C.C[C@@H]1[C@@H]2O[C@H]3[C@H](O)[C@H](O[C@@H]13)[C@H]2C.C[C@@H]1[C@@H]2O[C@H]3[C@H](OC(=O)c4ccccc4C(=O)[O-])[C@H](O[C@@H]13)[C@H]2C.C[C@H]([NH3+])c1ccccc1.C[C@H]([NH3+])c1ccccc1.[Na+].[Na+].[OH-].[OH-]. The summed E-state index contributed by atoms with van der Waals surface area (Å²) in [7, 11) is 0. The summed E-state index contributed by atoms with van der Waals surface area (Å²) in [6, 6.07) is 66.3. The molecule has 39 atom stereocenters. The Kier molecular flexibility index (Phi) is 39.8. The maximum absolute atomic E-state index is 12.4. The molecule has 0 unspecified atom stereocenters. The van der Waals surface area contributed by atoms with Crippen LogP contribution in [0, 0.1) is 59.2 Å². The fourth-order valence-electron chi connectivity index (χ4n) is 22.8. The molecule has 35 heteroatoms. The standard InChI is InChI=1S/4C17H18O6.C9H14O3.4C8H11N.2Na.2H2O/c4*1-7-11-8(2)13-15(14(21-11)12(7)22-13)23-17(20)10-6-4-3-5-9(10)16(18)19;1-3-6-4(2)8-9(11-6)5(10)7(3)12-8;4*1-7(9)8-5-3-2-4-6-8;;;;/h4*3-8,11-15H,1-2H3,(H,18,19);3-10H,1-2H3;4*2-7H,9H2,1H3;;;2*1H2/q;;;;;;;;;2*+1;;/p-2/t4*7-,8+,11+,12+,13-,14-,15-;3-,4+,5+,6+,7+,8-,9-;4*7-;;;;/m100001100..../s1. The summed E-state index contributed by atoms with van der Waals surface area (Å²) in [5.41, 5.74) is 20.1. The van der Waals surface area contributed by atoms with Gasteiger partial charge in [0.25, 0.3) is 0 Å². The van der Waals surface area contributed by atoms with Gasteiger partial charge in [-0.05, 0) is 52.0 Å². The molecule has 0 amide bonds. The second-order valence-corrected chi connectivity index (χ2v) is 39.8. The fraction of sp³-hybridized carbons (Fsp3) is 0.486. The van der Waals surface area contributed by atoms with E-state index in [2.05, 4.69) is 141 Å². The van der Waals surface area contributed by atoms with Crippen molar-refractivity contribution in [2.24, 2.45) is 59.2 Å². The van der Waals surface area contributed by atoms with Crippen LogP contribution in [-0.2, 0) is 66.3 Å². The molecule has 20 fully saturated rings. The van der Waals surface area contributed by atoms with Gasteiger partial charge in [0.2, 0.25) is 0 Å². The summed E-state index contributed by atoms with van der Waals surface area (Å²) in [5, 5.41) is 54.3. The number of carboxylic acid groups (broad SMARTS) is 4. The number of aromatic carboxylic acids is 4. The van der Waals surface area contributed by atoms with E-state index in [-0.39, 0.29) is 284 Å². The zero-order valence-electron chi connectivity index (χ0n) is 84.1. The minimum absolute atomic E-state index is 0. The molecule has 28 rings (SSSR count). The van der Waals surface area contributed by atoms with Gasteiger partial charge in [-0.1, -0.05) is 263 Å². The summed E-state index contributed by atoms with van der Waals surface area (Å²) in [6.07, 6.45) is -3.47. The molecule has 0 aromatic heterocycles. The molecule has 0 spiro atoms. The number of carbonyl (C=O) groups is 8. The average Bonchev–Trinajstić information content (AvgIpc) is 1.56. The smallest absolute Gasteiger partial charge is 0.870 e. The number of hydrogen-bond acceptors (Lipinski definition) is 29. The number of ether oxygens (including phenoxy) is 14. The second-order valence-electron chi connectivity index (χ2n) is 39.8. The Morgan fingerprint density at radius 3 is 0.549 bits per heavy atom.